The van der Waals surface area contributed by atoms with E-state index in [1.807, 2.05) is 107 Å². The van der Waals surface area contributed by atoms with Crippen LogP contribution in [0.1, 0.15) is 72.9 Å². The molecule has 3 atom stereocenters. The lowest BCUT2D eigenvalue weighted by molar-refractivity contribution is -0.216. The van der Waals surface area contributed by atoms with E-state index in [-0.39, 0.29) is 6.54 Å². The van der Waals surface area contributed by atoms with Crippen LogP contribution in [0.15, 0.2) is 78.9 Å². The van der Waals surface area contributed by atoms with Crippen LogP contribution in [-0.4, -0.2) is 21.9 Å². The molecule has 3 aromatic rings. The molecule has 1 aliphatic rings. The van der Waals surface area contributed by atoms with Gasteiger partial charge < -0.3 is 24.6 Å². The van der Waals surface area contributed by atoms with Crippen LogP contribution >= 0.6 is 0 Å². The number of benzene rings is 3. The Labute approximate surface area is 209 Å². The molecule has 0 bridgehead atoms. The molecule has 1 aliphatic heterocycles. The second-order valence-corrected chi connectivity index (χ2v) is 11.3. The van der Waals surface area contributed by atoms with Crippen molar-refractivity contribution in [3.8, 4) is 0 Å². The molecule has 0 amide bonds. The molecule has 0 radical (unpaired) electrons. The van der Waals surface area contributed by atoms with E-state index in [0.29, 0.717) is 0 Å². The molecule has 0 aromatic heterocycles. The fourth-order valence-corrected chi connectivity index (χ4v) is 6.14. The Morgan fingerprint density at radius 2 is 1.40 bits per heavy atom. The van der Waals surface area contributed by atoms with Gasteiger partial charge in [-0.15, -0.1) is 0 Å². The van der Waals surface area contributed by atoms with Gasteiger partial charge in [0, 0.05) is 12.6 Å². The van der Waals surface area contributed by atoms with E-state index in [9.17, 15) is 14.5 Å². The van der Waals surface area contributed by atoms with E-state index in [0.717, 1.165) is 27.8 Å². The predicted octanol–water partition coefficient (Wildman–Crippen LogP) is 5.69. The molecule has 6 nitrogen and oxygen atoms in total. The van der Waals surface area contributed by atoms with Crippen LogP contribution in [0, 0.1) is 4.78 Å². The van der Waals surface area contributed by atoms with Crippen LogP contribution in [0.2, 0.25) is 0 Å². The van der Waals surface area contributed by atoms with Gasteiger partial charge in [0.15, 0.2) is 0 Å². The van der Waals surface area contributed by atoms with Crippen molar-refractivity contribution >= 4 is 10.6 Å². The average Bonchev–Trinajstić information content (AvgIpc) is 2.99. The summed E-state index contributed by atoms with van der Waals surface area (Å²) in [6.45, 7) is 8.11. The zero-order valence-corrected chi connectivity index (χ0v) is 21.4. The lowest BCUT2D eigenvalue weighted by Crippen LogP contribution is -2.42. The molecule has 0 aliphatic carbocycles. The fraction of sp³-hybridized carbons (Fsp3) is 0.357. The first-order chi connectivity index (χ1) is 16.5. The van der Waals surface area contributed by atoms with Crippen molar-refractivity contribution in [3.63, 3.8) is 0 Å². The number of rotatable bonds is 8. The summed E-state index contributed by atoms with van der Waals surface area (Å²) in [5.41, 5.74) is 3.35. The minimum Gasteiger partial charge on any atom is -0.444 e. The number of hydroxylamine groups is 2. The molecule has 186 valence electrons. The maximum absolute atomic E-state index is 12.6. The number of nitrogens with one attached hydrogen (secondary N) is 2. The number of hydrogen-bond donors (Lipinski definition) is 4. The van der Waals surface area contributed by atoms with E-state index in [2.05, 4.69) is 5.32 Å². The lowest BCUT2D eigenvalue weighted by atomic mass is 9.88. The average molecular weight is 493 g/mol. The van der Waals surface area contributed by atoms with Gasteiger partial charge in [0.1, 0.15) is 0 Å². The molecule has 3 aromatic carbocycles. The van der Waals surface area contributed by atoms with Crippen molar-refractivity contribution in [2.75, 3.05) is 6.54 Å². The molecule has 1 heterocycles. The standard InChI is InChI=1S/C28H34N3O3S/c1-27(2)22-16-15-21(17-23(22)28(3,4)31(27)33)24(32)18-30-25(19-11-7-5-8-12-19)26(35(29)34)20-13-9-6-10-14-20/h5-17,24-26,29-30,32-33H,18H2,1-4H3/q-1/t24-,25+,26?/m0/s1. The summed E-state index contributed by atoms with van der Waals surface area (Å²) in [7, 11) is -1.89. The highest BCUT2D eigenvalue weighted by Crippen LogP contribution is 2.48. The first-order valence-corrected chi connectivity index (χ1v) is 13.0. The van der Waals surface area contributed by atoms with Crippen LogP contribution in [0.5, 0.6) is 0 Å². The molecule has 4 rings (SSSR count). The van der Waals surface area contributed by atoms with Crippen molar-refractivity contribution in [2.45, 2.75) is 56.2 Å². The summed E-state index contributed by atoms with van der Waals surface area (Å²) >= 11 is 0. The summed E-state index contributed by atoms with van der Waals surface area (Å²) in [5.74, 6) is 0. The Bertz CT molecular complexity index is 1230. The Hall–Kier alpha value is -2.55. The van der Waals surface area contributed by atoms with Crippen molar-refractivity contribution in [2.24, 2.45) is 0 Å². The summed E-state index contributed by atoms with van der Waals surface area (Å²) in [4.78, 5) is 0. The van der Waals surface area contributed by atoms with Crippen molar-refractivity contribution < 1.29 is 14.5 Å². The Kier molecular flexibility index (Phi) is 7.18. The maximum atomic E-state index is 12.6. The van der Waals surface area contributed by atoms with Crippen LogP contribution in [0.25, 0.3) is 0 Å². The molecule has 35 heavy (non-hydrogen) atoms. The molecule has 7 heteroatoms. The monoisotopic (exact) mass is 492 g/mol. The third kappa shape index (κ3) is 4.79. The minimum absolute atomic E-state index is 0.214. The molecule has 0 fully saturated rings. The van der Waals surface area contributed by atoms with E-state index < -0.39 is 39.1 Å². The first-order valence-electron chi connectivity index (χ1n) is 11.8. The molecule has 1 unspecified atom stereocenters. The van der Waals surface area contributed by atoms with Crippen LogP contribution in [0.4, 0.5) is 0 Å². The minimum atomic E-state index is -1.89. The van der Waals surface area contributed by atoms with E-state index in [1.165, 1.54) is 5.06 Å². The van der Waals surface area contributed by atoms with Gasteiger partial charge >= 0.3 is 0 Å². The SMILES string of the molecule is CC1(C)c2ccc([C@@H](O)CN[C@H](c3ccccc3)C(c3ccccc3)[S-](=N)=O)cc2C(C)(C)N1O. The Balaban J connectivity index is 1.63. The Morgan fingerprint density at radius 1 is 0.857 bits per heavy atom. The highest BCUT2D eigenvalue weighted by atomic mass is 32.2. The molecule has 0 spiro atoms. The van der Waals surface area contributed by atoms with Crippen LogP contribution in [-0.2, 0) is 25.9 Å². The first kappa shape index (κ1) is 25.5. The Morgan fingerprint density at radius 3 is 1.97 bits per heavy atom. The molecule has 0 saturated heterocycles. The summed E-state index contributed by atoms with van der Waals surface area (Å²) in [5, 5.41) is 26.1. The number of hydrogen-bond acceptors (Lipinski definition) is 7. The maximum Gasteiger partial charge on any atom is 0.0914 e. The number of aliphatic hydroxyl groups is 1. The summed E-state index contributed by atoms with van der Waals surface area (Å²) in [6, 6.07) is 24.5. The van der Waals surface area contributed by atoms with E-state index in [1.54, 1.807) is 0 Å². The summed E-state index contributed by atoms with van der Waals surface area (Å²) in [6.07, 6.45) is -0.825. The third-order valence-corrected chi connectivity index (χ3v) is 8.16. The summed E-state index contributed by atoms with van der Waals surface area (Å²) < 4.78 is 20.7. The van der Waals surface area contributed by atoms with Gasteiger partial charge in [-0.1, -0.05) is 84.4 Å². The second kappa shape index (κ2) is 9.84. The quantitative estimate of drug-likeness (QED) is 0.303. The lowest BCUT2D eigenvalue weighted by Gasteiger charge is -2.34. The van der Waals surface area contributed by atoms with Crippen molar-refractivity contribution in [1.29, 1.82) is 4.78 Å². The number of fused-ring (bicyclic) bond motifs is 1. The second-order valence-electron chi connectivity index (χ2n) is 10.2. The van der Waals surface area contributed by atoms with Gasteiger partial charge in [0.25, 0.3) is 0 Å². The molecular formula is C28H34N3O3S-. The zero-order chi connectivity index (χ0) is 25.4. The fourth-order valence-electron chi connectivity index (χ4n) is 5.23. The molecule has 4 N–H and O–H groups in total. The number of nitrogens with zero attached hydrogens (tertiary/aromatic N) is 1. The third-order valence-electron chi connectivity index (χ3n) is 7.16. The van der Waals surface area contributed by atoms with Gasteiger partial charge in [0.2, 0.25) is 0 Å². The van der Waals surface area contributed by atoms with Gasteiger partial charge in [-0.3, -0.25) is 0 Å². The normalized spacial score (nSPS) is 19.3. The highest BCUT2D eigenvalue weighted by molar-refractivity contribution is 7.73. The van der Waals surface area contributed by atoms with Gasteiger partial charge in [-0.05, 0) is 55.2 Å². The van der Waals surface area contributed by atoms with E-state index >= 15 is 0 Å². The van der Waals surface area contributed by atoms with Gasteiger partial charge in [0.05, 0.1) is 17.2 Å². The molecule has 0 saturated carbocycles. The largest absolute Gasteiger partial charge is 0.444 e. The van der Waals surface area contributed by atoms with E-state index in [4.69, 9.17) is 4.78 Å². The smallest absolute Gasteiger partial charge is 0.0914 e. The predicted molar refractivity (Wildman–Crippen MR) is 138 cm³/mol. The van der Waals surface area contributed by atoms with Crippen LogP contribution < -0.4 is 5.32 Å². The zero-order valence-electron chi connectivity index (χ0n) is 20.6. The topological polar surface area (TPSA) is 96.7 Å². The van der Waals surface area contributed by atoms with Crippen molar-refractivity contribution in [1.82, 2.24) is 10.4 Å². The molecular weight excluding hydrogens is 458 g/mol. The van der Waals surface area contributed by atoms with Crippen molar-refractivity contribution in [3.05, 3.63) is 107 Å². The van der Waals surface area contributed by atoms with Crippen LogP contribution in [0.3, 0.4) is 0 Å². The number of aliphatic hydroxyl groups excluding tert-OH is 1. The highest BCUT2D eigenvalue weighted by Gasteiger charge is 2.48. The van der Waals surface area contributed by atoms with Gasteiger partial charge in [-0.25, -0.2) is 0 Å². The van der Waals surface area contributed by atoms with Gasteiger partial charge in [-0.2, -0.15) is 15.7 Å².